The summed E-state index contributed by atoms with van der Waals surface area (Å²) in [4.78, 5) is 0. The third-order valence-corrected chi connectivity index (χ3v) is 3.53. The Bertz CT molecular complexity index is 205. The molecule has 0 spiro atoms. The van der Waals surface area contributed by atoms with Gasteiger partial charge in [-0.2, -0.15) is 22.0 Å². The maximum atomic E-state index is 12.5. The maximum Gasteiger partial charge on any atom is 0.464 e. The Hall–Kier alpha value is 0.250. The van der Waals surface area contributed by atoms with Crippen LogP contribution < -0.4 is 17.7 Å². The first-order valence-electron chi connectivity index (χ1n) is 4.75. The first-order valence-corrected chi connectivity index (χ1v) is 5.73. The molecule has 98 valence electrons. The minimum atomic E-state index is -5.44. The summed E-state index contributed by atoms with van der Waals surface area (Å²) in [6.45, 7) is 0.822. The number of hydrogen-bond donors (Lipinski definition) is 1. The van der Waals surface area contributed by atoms with Crippen LogP contribution in [0.4, 0.5) is 22.0 Å². The quantitative estimate of drug-likeness (QED) is 0.658. The van der Waals surface area contributed by atoms with Gasteiger partial charge < -0.3 is 17.7 Å². The normalized spacial score (nSPS) is 22.7. The summed E-state index contributed by atoms with van der Waals surface area (Å²) in [5.41, 5.74) is 0. The molecule has 0 aromatic carbocycles. The van der Waals surface area contributed by atoms with Gasteiger partial charge in [0.25, 0.3) is 0 Å². The van der Waals surface area contributed by atoms with Crippen molar-refractivity contribution in [1.82, 2.24) is 0 Å². The Kier molecular flexibility index (Phi) is 6.35. The van der Waals surface area contributed by atoms with Gasteiger partial charge in [0, 0.05) is 6.42 Å². The van der Waals surface area contributed by atoms with Crippen LogP contribution in [0.5, 0.6) is 0 Å². The van der Waals surface area contributed by atoms with Crippen molar-refractivity contribution in [3.05, 3.63) is 0 Å². The van der Waals surface area contributed by atoms with Gasteiger partial charge in [0.2, 0.25) is 0 Å². The molecule has 0 aromatic heterocycles. The molecule has 1 nitrogen and oxygen atoms in total. The Morgan fingerprint density at radius 2 is 1.75 bits per heavy atom. The maximum absolute atomic E-state index is 12.5. The highest BCUT2D eigenvalue weighted by molar-refractivity contribution is 8.00. The van der Waals surface area contributed by atoms with E-state index in [0.717, 1.165) is 25.8 Å². The highest BCUT2D eigenvalue weighted by Gasteiger charge is 2.58. The van der Waals surface area contributed by atoms with Gasteiger partial charge in [0.15, 0.2) is 0 Å². The van der Waals surface area contributed by atoms with Crippen molar-refractivity contribution in [3.8, 4) is 0 Å². The number of piperidine rings is 1. The molecule has 1 unspecified atom stereocenters. The van der Waals surface area contributed by atoms with Crippen molar-refractivity contribution < 1.29 is 39.7 Å². The van der Waals surface area contributed by atoms with Gasteiger partial charge in [-0.3, -0.25) is 0 Å². The summed E-state index contributed by atoms with van der Waals surface area (Å²) in [6.07, 6.45) is -2.79. The smallest absolute Gasteiger partial charge is 0.464 e. The third kappa shape index (κ3) is 4.63. The zero-order valence-electron chi connectivity index (χ0n) is 8.37. The lowest BCUT2D eigenvalue weighted by Crippen LogP contribution is -3.00. The van der Waals surface area contributed by atoms with E-state index in [1.807, 2.05) is 5.32 Å². The fraction of sp³-hybridized carbons (Fsp3) is 1.00. The molecule has 1 rings (SSSR count). The van der Waals surface area contributed by atoms with Crippen molar-refractivity contribution in [1.29, 1.82) is 0 Å². The van der Waals surface area contributed by atoms with Crippen molar-refractivity contribution in [2.24, 2.45) is 0 Å². The molecule has 0 radical (unpaired) electrons. The second-order valence-corrected chi connectivity index (χ2v) is 4.74. The topological polar surface area (TPSA) is 16.6 Å². The van der Waals surface area contributed by atoms with Crippen LogP contribution in [0, 0.1) is 0 Å². The van der Waals surface area contributed by atoms with Crippen LogP contribution in [0.1, 0.15) is 19.3 Å². The van der Waals surface area contributed by atoms with Crippen LogP contribution in [0.15, 0.2) is 0 Å². The van der Waals surface area contributed by atoms with E-state index in [9.17, 15) is 22.0 Å². The van der Waals surface area contributed by atoms with Crippen molar-refractivity contribution in [2.45, 2.75) is 36.7 Å². The summed E-state index contributed by atoms with van der Waals surface area (Å²) in [7, 11) is 0. The lowest BCUT2D eigenvalue weighted by Gasteiger charge is -2.23. The lowest BCUT2D eigenvalue weighted by atomic mass is 10.1. The van der Waals surface area contributed by atoms with Crippen LogP contribution in [-0.2, 0) is 0 Å². The molecular formula is C8H13ClF5NS. The molecule has 0 bridgehead atoms. The largest absolute Gasteiger partial charge is 1.00 e. The van der Waals surface area contributed by atoms with Gasteiger partial charge in [-0.1, -0.05) is 11.8 Å². The van der Waals surface area contributed by atoms with Crippen LogP contribution >= 0.6 is 11.8 Å². The van der Waals surface area contributed by atoms with E-state index in [1.165, 1.54) is 0 Å². The standard InChI is InChI=1S/C8H12F5NS.ClH/c9-7(10,11)8(12,13)15-5-6-3-1-2-4-14-6;/h6,14H,1-5H2;1H. The summed E-state index contributed by atoms with van der Waals surface area (Å²) < 4.78 is 60.4. The van der Waals surface area contributed by atoms with Gasteiger partial charge in [0.05, 0.1) is 18.3 Å². The summed E-state index contributed by atoms with van der Waals surface area (Å²) >= 11 is -0.297. The van der Waals surface area contributed by atoms with Crippen molar-refractivity contribution in [2.75, 3.05) is 12.3 Å². The van der Waals surface area contributed by atoms with Gasteiger partial charge >= 0.3 is 11.4 Å². The number of nitrogens with two attached hydrogens (primary N) is 1. The Balaban J connectivity index is 0.00000225. The fourth-order valence-electron chi connectivity index (χ4n) is 1.47. The van der Waals surface area contributed by atoms with Crippen LogP contribution in [0.3, 0.4) is 0 Å². The second-order valence-electron chi connectivity index (χ2n) is 3.61. The molecule has 1 fully saturated rings. The number of rotatable bonds is 3. The first kappa shape index (κ1) is 16.2. The van der Waals surface area contributed by atoms with E-state index in [-0.39, 0.29) is 36.0 Å². The third-order valence-electron chi connectivity index (χ3n) is 2.34. The molecular weight excluding hydrogens is 273 g/mol. The molecule has 1 aliphatic rings. The number of halogens is 6. The molecule has 0 aromatic rings. The molecule has 1 aliphatic heterocycles. The van der Waals surface area contributed by atoms with E-state index in [2.05, 4.69) is 0 Å². The zero-order chi connectivity index (χ0) is 11.5. The van der Waals surface area contributed by atoms with Gasteiger partial charge in [-0.15, -0.1) is 0 Å². The predicted molar refractivity (Wildman–Crippen MR) is 47.9 cm³/mol. The summed E-state index contributed by atoms with van der Waals surface area (Å²) in [5, 5.41) is -2.76. The zero-order valence-corrected chi connectivity index (χ0v) is 9.94. The van der Waals surface area contributed by atoms with Gasteiger partial charge in [0.1, 0.15) is 0 Å². The van der Waals surface area contributed by atoms with Crippen molar-refractivity contribution in [3.63, 3.8) is 0 Å². The fourth-order valence-corrected chi connectivity index (χ4v) is 2.36. The van der Waals surface area contributed by atoms with E-state index < -0.39 is 11.4 Å². The molecule has 1 heterocycles. The average Bonchev–Trinajstić information content (AvgIpc) is 2.15. The molecule has 0 amide bonds. The average molecular weight is 286 g/mol. The van der Waals surface area contributed by atoms with E-state index in [4.69, 9.17) is 0 Å². The highest BCUT2D eigenvalue weighted by atomic mass is 35.5. The monoisotopic (exact) mass is 285 g/mol. The van der Waals surface area contributed by atoms with Gasteiger partial charge in [-0.05, 0) is 12.8 Å². The Labute approximate surface area is 101 Å². The number of hydrogen-bond acceptors (Lipinski definition) is 1. The molecule has 0 saturated carbocycles. The molecule has 16 heavy (non-hydrogen) atoms. The Morgan fingerprint density at radius 1 is 1.12 bits per heavy atom. The minimum Gasteiger partial charge on any atom is -1.00 e. The SMILES string of the molecule is FC(F)(F)C(F)(F)SCC1CCCC[NH2+]1.[Cl-]. The van der Waals surface area contributed by atoms with E-state index in [1.54, 1.807) is 0 Å². The summed E-state index contributed by atoms with van der Waals surface area (Å²) in [5.74, 6) is -0.146. The number of thioether (sulfide) groups is 1. The Morgan fingerprint density at radius 3 is 2.19 bits per heavy atom. The molecule has 0 aliphatic carbocycles. The molecule has 1 atom stereocenters. The van der Waals surface area contributed by atoms with E-state index in [0.29, 0.717) is 0 Å². The van der Waals surface area contributed by atoms with Crippen molar-refractivity contribution >= 4 is 11.8 Å². The molecule has 8 heteroatoms. The number of quaternary nitrogens is 1. The van der Waals surface area contributed by atoms with Crippen LogP contribution in [-0.4, -0.2) is 29.8 Å². The molecule has 1 saturated heterocycles. The lowest BCUT2D eigenvalue weighted by molar-refractivity contribution is -0.692. The van der Waals surface area contributed by atoms with Crippen LogP contribution in [0.25, 0.3) is 0 Å². The first-order chi connectivity index (χ1) is 6.83. The van der Waals surface area contributed by atoms with E-state index >= 15 is 0 Å². The highest BCUT2D eigenvalue weighted by Crippen LogP contribution is 2.44. The molecule has 2 N–H and O–H groups in total. The minimum absolute atomic E-state index is 0. The van der Waals surface area contributed by atoms with Crippen LogP contribution in [0.2, 0.25) is 0 Å². The van der Waals surface area contributed by atoms with Gasteiger partial charge in [-0.25, -0.2) is 0 Å². The summed E-state index contributed by atoms with van der Waals surface area (Å²) in [6, 6.07) is -0.100. The predicted octanol–water partition coefficient (Wildman–Crippen LogP) is -1.01. The number of alkyl halides is 5. The second kappa shape index (κ2) is 6.26.